The van der Waals surface area contributed by atoms with Gasteiger partial charge in [0.2, 0.25) is 0 Å². The van der Waals surface area contributed by atoms with Gasteiger partial charge in [0, 0.05) is 55.3 Å². The van der Waals surface area contributed by atoms with Crippen LogP contribution in [-0.4, -0.2) is 79.2 Å². The number of amides is 1. The summed E-state index contributed by atoms with van der Waals surface area (Å²) in [5.41, 5.74) is 8.07. The summed E-state index contributed by atoms with van der Waals surface area (Å²) in [5.74, 6) is 0.174. The van der Waals surface area contributed by atoms with E-state index in [0.717, 1.165) is 39.0 Å². The summed E-state index contributed by atoms with van der Waals surface area (Å²) in [7, 11) is 0. The summed E-state index contributed by atoms with van der Waals surface area (Å²) in [4.78, 5) is 22.5. The van der Waals surface area contributed by atoms with Gasteiger partial charge in [-0.05, 0) is 51.3 Å². The molecule has 3 fully saturated rings. The summed E-state index contributed by atoms with van der Waals surface area (Å²) < 4.78 is 11.6. The number of carbonyl (C=O) groups excluding carboxylic acids is 1. The Morgan fingerprint density at radius 2 is 1.89 bits per heavy atom. The molecule has 1 aromatic carbocycles. The molecule has 196 valence electrons. The molecule has 0 spiro atoms. The zero-order valence-corrected chi connectivity index (χ0v) is 22.4. The number of halogens is 2. The highest BCUT2D eigenvalue weighted by molar-refractivity contribution is 6.42. The fourth-order valence-electron chi connectivity index (χ4n) is 5.17. The molecular weight excluding hydrogens is 501 g/mol. The molecule has 0 saturated carbocycles. The molecule has 3 N–H and O–H groups in total. The van der Waals surface area contributed by atoms with Gasteiger partial charge >= 0.3 is 0 Å². The number of allylic oxidation sites excluding steroid dienone is 1. The highest BCUT2D eigenvalue weighted by Crippen LogP contribution is 2.30. The molecule has 4 rings (SSSR count). The Morgan fingerprint density at radius 3 is 2.58 bits per heavy atom. The molecule has 10 heteroatoms. The average molecular weight is 537 g/mol. The van der Waals surface area contributed by atoms with E-state index in [2.05, 4.69) is 21.8 Å². The first-order valence-corrected chi connectivity index (χ1v) is 13.2. The Labute approximate surface area is 223 Å². The Kier molecular flexibility index (Phi) is 8.96. The maximum atomic E-state index is 13.6. The van der Waals surface area contributed by atoms with Crippen molar-refractivity contribution in [3.8, 4) is 0 Å². The van der Waals surface area contributed by atoms with Gasteiger partial charge in [0.15, 0.2) is 0 Å². The number of ether oxygens (including phenoxy) is 2. The molecule has 0 unspecified atom stereocenters. The predicted octanol–water partition coefficient (Wildman–Crippen LogP) is 4.05. The number of anilines is 1. The Morgan fingerprint density at radius 1 is 1.14 bits per heavy atom. The number of piperidine rings is 1. The quantitative estimate of drug-likeness (QED) is 0.247. The van der Waals surface area contributed by atoms with Gasteiger partial charge in [-0.15, -0.1) is 0 Å². The summed E-state index contributed by atoms with van der Waals surface area (Å²) in [6.45, 7) is 12.0. The summed E-state index contributed by atoms with van der Waals surface area (Å²) >= 11 is 12.2. The number of fused-ring (bicyclic) bond motifs is 1. The number of hydrogen-bond donors (Lipinski definition) is 2. The van der Waals surface area contributed by atoms with Crippen molar-refractivity contribution >= 4 is 40.6 Å². The molecule has 0 aliphatic carbocycles. The van der Waals surface area contributed by atoms with Crippen molar-refractivity contribution in [1.29, 1.82) is 0 Å². The number of rotatable bonds is 6. The number of morpholine rings is 1. The molecular formula is C26H35Cl2N5O3. The van der Waals surface area contributed by atoms with E-state index >= 15 is 0 Å². The minimum Gasteiger partial charge on any atom is -0.387 e. The van der Waals surface area contributed by atoms with E-state index in [1.54, 1.807) is 25.1 Å². The second-order valence-corrected chi connectivity index (χ2v) is 10.4. The van der Waals surface area contributed by atoms with Gasteiger partial charge < -0.3 is 25.4 Å². The van der Waals surface area contributed by atoms with Crippen LogP contribution in [0.2, 0.25) is 10.0 Å². The third kappa shape index (κ3) is 6.23. The number of benzene rings is 1. The van der Waals surface area contributed by atoms with Crippen LogP contribution in [-0.2, 0) is 14.3 Å². The minimum atomic E-state index is -0.140. The van der Waals surface area contributed by atoms with E-state index in [9.17, 15) is 4.79 Å². The van der Waals surface area contributed by atoms with Crippen LogP contribution in [0, 0.1) is 0 Å². The van der Waals surface area contributed by atoms with E-state index in [-0.39, 0.29) is 12.0 Å². The predicted molar refractivity (Wildman–Crippen MR) is 144 cm³/mol. The average Bonchev–Trinajstić information content (AvgIpc) is 2.88. The van der Waals surface area contributed by atoms with Gasteiger partial charge in [-0.25, -0.2) is 4.99 Å². The highest BCUT2D eigenvalue weighted by atomic mass is 35.5. The lowest BCUT2D eigenvalue weighted by molar-refractivity contribution is -0.151. The lowest BCUT2D eigenvalue weighted by atomic mass is 9.95. The monoisotopic (exact) mass is 535 g/mol. The zero-order chi connectivity index (χ0) is 25.8. The molecule has 0 bridgehead atoms. The van der Waals surface area contributed by atoms with E-state index in [0.29, 0.717) is 70.3 Å². The van der Waals surface area contributed by atoms with E-state index in [4.69, 9.17) is 38.4 Å². The first-order chi connectivity index (χ1) is 17.2. The SMILES string of the molecule is C=C(Nc1ccc(Cl)c(Cl)c1)/C(C)=C(\N=C(C)N)C(=O)N1CCC(N2CCO[C@H]3COCC[C@H]32)CC1. The summed E-state index contributed by atoms with van der Waals surface area (Å²) in [6.07, 6.45) is 2.97. The second kappa shape index (κ2) is 12.0. The third-order valence-electron chi connectivity index (χ3n) is 7.11. The summed E-state index contributed by atoms with van der Waals surface area (Å²) in [5, 5.41) is 4.09. The molecule has 36 heavy (non-hydrogen) atoms. The van der Waals surface area contributed by atoms with Crippen molar-refractivity contribution in [3.63, 3.8) is 0 Å². The second-order valence-electron chi connectivity index (χ2n) is 9.56. The van der Waals surface area contributed by atoms with Crippen LogP contribution in [0.15, 0.2) is 46.7 Å². The standard InChI is InChI=1S/C26H35Cl2N5O3/c1-16(17(2)30-19-4-5-21(27)22(28)14-19)25(31-18(3)29)26(34)32-9-6-20(7-10-32)33-11-13-36-24-15-35-12-8-23(24)33/h4-5,14,20,23-24,30H,2,6-13,15H2,1,3H3,(H2,29,31)/b25-16-/t23-,24+/m1/s1. The maximum absolute atomic E-state index is 13.6. The molecule has 1 amide bonds. The highest BCUT2D eigenvalue weighted by Gasteiger charge is 2.39. The number of nitrogens with one attached hydrogen (secondary N) is 1. The molecule has 0 aromatic heterocycles. The fraction of sp³-hybridized carbons (Fsp3) is 0.538. The lowest BCUT2D eigenvalue weighted by Gasteiger charge is -2.49. The van der Waals surface area contributed by atoms with Crippen molar-refractivity contribution in [1.82, 2.24) is 9.80 Å². The molecule has 2 atom stereocenters. The zero-order valence-electron chi connectivity index (χ0n) is 20.9. The van der Waals surface area contributed by atoms with Gasteiger partial charge in [-0.3, -0.25) is 9.69 Å². The van der Waals surface area contributed by atoms with Crippen LogP contribution in [0.3, 0.4) is 0 Å². The molecule has 3 saturated heterocycles. The topological polar surface area (TPSA) is 92.4 Å². The number of nitrogens with two attached hydrogens (primary N) is 1. The Bertz CT molecular complexity index is 1050. The smallest absolute Gasteiger partial charge is 0.272 e. The number of amidine groups is 1. The maximum Gasteiger partial charge on any atom is 0.272 e. The molecule has 3 aliphatic rings. The van der Waals surface area contributed by atoms with E-state index < -0.39 is 0 Å². The first-order valence-electron chi connectivity index (χ1n) is 12.4. The van der Waals surface area contributed by atoms with Crippen molar-refractivity contribution in [3.05, 3.63) is 51.8 Å². The largest absolute Gasteiger partial charge is 0.387 e. The molecule has 0 radical (unpaired) electrons. The van der Waals surface area contributed by atoms with Crippen LogP contribution >= 0.6 is 23.2 Å². The van der Waals surface area contributed by atoms with Crippen LogP contribution in [0.25, 0.3) is 0 Å². The first kappa shape index (κ1) is 26.9. The number of likely N-dealkylation sites (tertiary alicyclic amines) is 1. The van der Waals surface area contributed by atoms with E-state index in [1.807, 2.05) is 11.8 Å². The van der Waals surface area contributed by atoms with Crippen LogP contribution in [0.1, 0.15) is 33.1 Å². The van der Waals surface area contributed by atoms with Crippen molar-refractivity contribution in [2.75, 3.05) is 44.8 Å². The van der Waals surface area contributed by atoms with Crippen LogP contribution in [0.5, 0.6) is 0 Å². The number of aliphatic imine (C=N–C) groups is 1. The molecule has 8 nitrogen and oxygen atoms in total. The van der Waals surface area contributed by atoms with Crippen LogP contribution < -0.4 is 11.1 Å². The number of nitrogens with zero attached hydrogens (tertiary/aromatic N) is 3. The van der Waals surface area contributed by atoms with Gasteiger partial charge in [0.25, 0.3) is 5.91 Å². The Hall–Kier alpha value is -2.10. The summed E-state index contributed by atoms with van der Waals surface area (Å²) in [6, 6.07) is 6.04. The van der Waals surface area contributed by atoms with Crippen molar-refractivity contribution in [2.45, 2.75) is 51.3 Å². The van der Waals surface area contributed by atoms with Crippen molar-refractivity contribution in [2.24, 2.45) is 10.7 Å². The molecule has 3 aliphatic heterocycles. The van der Waals surface area contributed by atoms with Gasteiger partial charge in [0.05, 0.1) is 35.2 Å². The van der Waals surface area contributed by atoms with Gasteiger partial charge in [-0.1, -0.05) is 29.8 Å². The van der Waals surface area contributed by atoms with Crippen molar-refractivity contribution < 1.29 is 14.3 Å². The molecule has 1 aromatic rings. The third-order valence-corrected chi connectivity index (χ3v) is 7.85. The normalized spacial score (nSPS) is 24.7. The van der Waals surface area contributed by atoms with Gasteiger partial charge in [0.1, 0.15) is 5.70 Å². The fourth-order valence-corrected chi connectivity index (χ4v) is 5.47. The number of hydrogen-bond acceptors (Lipinski definition) is 6. The lowest BCUT2D eigenvalue weighted by Crippen LogP contribution is -2.60. The minimum absolute atomic E-state index is 0.140. The Balaban J connectivity index is 1.44. The van der Waals surface area contributed by atoms with Gasteiger partial charge in [-0.2, -0.15) is 0 Å². The number of carbonyl (C=O) groups is 1. The van der Waals surface area contributed by atoms with E-state index in [1.165, 1.54) is 0 Å². The van der Waals surface area contributed by atoms with Crippen LogP contribution in [0.4, 0.5) is 5.69 Å². The molecule has 3 heterocycles.